The summed E-state index contributed by atoms with van der Waals surface area (Å²) in [6, 6.07) is 17.0. The zero-order chi connectivity index (χ0) is 20.9. The number of aromatic nitrogens is 1. The highest BCUT2D eigenvalue weighted by molar-refractivity contribution is 8.00. The number of furan rings is 1. The average molecular weight is 441 g/mol. The zero-order valence-electron chi connectivity index (χ0n) is 16.5. The monoisotopic (exact) mass is 440 g/mol. The maximum Gasteiger partial charge on any atom is 0.239 e. The van der Waals surface area contributed by atoms with Crippen LogP contribution >= 0.6 is 23.1 Å². The fourth-order valence-corrected chi connectivity index (χ4v) is 4.59. The number of anilines is 1. The number of rotatable bonds is 8. The molecule has 30 heavy (non-hydrogen) atoms. The van der Waals surface area contributed by atoms with E-state index in [0.29, 0.717) is 17.4 Å². The van der Waals surface area contributed by atoms with Crippen molar-refractivity contribution in [2.24, 2.45) is 0 Å². The second-order valence-electron chi connectivity index (χ2n) is 6.35. The van der Waals surface area contributed by atoms with Crippen molar-refractivity contribution >= 4 is 44.4 Å². The minimum atomic E-state index is -0.0433. The second-order valence-corrected chi connectivity index (χ2v) is 8.41. The predicted octanol–water partition coefficient (Wildman–Crippen LogP) is 5.23. The Hall–Kier alpha value is -2.97. The van der Waals surface area contributed by atoms with Crippen molar-refractivity contribution in [3.05, 3.63) is 66.6 Å². The maximum atomic E-state index is 13.1. The predicted molar refractivity (Wildman–Crippen MR) is 120 cm³/mol. The summed E-state index contributed by atoms with van der Waals surface area (Å²) in [5.41, 5.74) is 0.800. The van der Waals surface area contributed by atoms with Gasteiger partial charge in [-0.2, -0.15) is 0 Å². The highest BCUT2D eigenvalue weighted by atomic mass is 32.2. The summed E-state index contributed by atoms with van der Waals surface area (Å²) in [5, 5.41) is 0.634. The molecule has 0 unspecified atom stereocenters. The number of thioether (sulfide) groups is 1. The van der Waals surface area contributed by atoms with Gasteiger partial charge in [0.05, 0.1) is 43.0 Å². The molecule has 2 aromatic carbocycles. The number of ether oxygens (including phenoxy) is 2. The summed E-state index contributed by atoms with van der Waals surface area (Å²) in [7, 11) is 3.25. The Labute approximate surface area is 182 Å². The number of benzene rings is 2. The lowest BCUT2D eigenvalue weighted by molar-refractivity contribution is -0.116. The van der Waals surface area contributed by atoms with Crippen molar-refractivity contribution in [1.29, 1.82) is 0 Å². The molecule has 0 radical (unpaired) electrons. The van der Waals surface area contributed by atoms with Crippen molar-refractivity contribution in [2.45, 2.75) is 11.4 Å². The number of thiazole rings is 1. The van der Waals surface area contributed by atoms with Gasteiger partial charge in [-0.15, -0.1) is 11.8 Å². The number of methoxy groups -OCH3 is 2. The second kappa shape index (κ2) is 9.23. The minimum Gasteiger partial charge on any atom is -0.497 e. The van der Waals surface area contributed by atoms with Gasteiger partial charge in [0.25, 0.3) is 0 Å². The van der Waals surface area contributed by atoms with Crippen LogP contribution < -0.4 is 14.4 Å². The van der Waals surface area contributed by atoms with Gasteiger partial charge >= 0.3 is 0 Å². The van der Waals surface area contributed by atoms with Gasteiger partial charge in [-0.05, 0) is 48.5 Å². The smallest absolute Gasteiger partial charge is 0.239 e. The van der Waals surface area contributed by atoms with Crippen molar-refractivity contribution < 1.29 is 18.7 Å². The first-order chi connectivity index (χ1) is 14.7. The van der Waals surface area contributed by atoms with Crippen molar-refractivity contribution in [3.63, 3.8) is 0 Å². The van der Waals surface area contributed by atoms with Crippen LogP contribution in [0.5, 0.6) is 11.5 Å². The summed E-state index contributed by atoms with van der Waals surface area (Å²) in [6.07, 6.45) is 1.60. The first kappa shape index (κ1) is 20.3. The molecule has 0 spiro atoms. The lowest BCUT2D eigenvalue weighted by Crippen LogP contribution is -2.31. The van der Waals surface area contributed by atoms with Gasteiger partial charge in [-0.1, -0.05) is 11.3 Å². The molecule has 0 saturated carbocycles. The Bertz CT molecular complexity index is 1120. The third-order valence-electron chi connectivity index (χ3n) is 4.43. The van der Waals surface area contributed by atoms with Crippen molar-refractivity contribution in [2.75, 3.05) is 24.9 Å². The highest BCUT2D eigenvalue weighted by Gasteiger charge is 2.21. The molecule has 0 aliphatic rings. The summed E-state index contributed by atoms with van der Waals surface area (Å²) >= 11 is 2.95. The molecule has 2 aromatic heterocycles. The number of hydrogen-bond acceptors (Lipinski definition) is 7. The van der Waals surface area contributed by atoms with E-state index in [-0.39, 0.29) is 11.7 Å². The topological polar surface area (TPSA) is 64.8 Å². The van der Waals surface area contributed by atoms with E-state index in [4.69, 9.17) is 13.9 Å². The average Bonchev–Trinajstić information content (AvgIpc) is 3.45. The summed E-state index contributed by atoms with van der Waals surface area (Å²) in [4.78, 5) is 20.5. The minimum absolute atomic E-state index is 0.0433. The normalized spacial score (nSPS) is 10.9. The van der Waals surface area contributed by atoms with Crippen LogP contribution in [-0.2, 0) is 11.3 Å². The van der Waals surface area contributed by atoms with E-state index < -0.39 is 0 Å². The molecular weight excluding hydrogens is 420 g/mol. The SMILES string of the molecule is COc1ccc(SCC(=O)N(Cc2ccco2)c2nc3cc(OC)ccc3s2)cc1. The van der Waals surface area contributed by atoms with Crippen LogP contribution in [0.3, 0.4) is 0 Å². The van der Waals surface area contributed by atoms with Crippen LogP contribution in [0.25, 0.3) is 10.2 Å². The number of amides is 1. The van der Waals surface area contributed by atoms with Gasteiger partial charge in [0, 0.05) is 11.0 Å². The first-order valence-corrected chi connectivity index (χ1v) is 11.0. The summed E-state index contributed by atoms with van der Waals surface area (Å²) in [6.45, 7) is 0.325. The molecule has 0 saturated heterocycles. The Morgan fingerprint density at radius 3 is 2.57 bits per heavy atom. The lowest BCUT2D eigenvalue weighted by atomic mass is 10.3. The van der Waals surface area contributed by atoms with Crippen LogP contribution in [0.4, 0.5) is 5.13 Å². The van der Waals surface area contributed by atoms with E-state index in [1.165, 1.54) is 23.1 Å². The summed E-state index contributed by atoms with van der Waals surface area (Å²) in [5.74, 6) is 2.47. The van der Waals surface area contributed by atoms with Crippen molar-refractivity contribution in [1.82, 2.24) is 4.98 Å². The molecule has 0 fully saturated rings. The zero-order valence-corrected chi connectivity index (χ0v) is 18.2. The van der Waals surface area contributed by atoms with Crippen LogP contribution in [0.2, 0.25) is 0 Å². The Morgan fingerprint density at radius 2 is 1.87 bits per heavy atom. The number of carbonyl (C=O) groups is 1. The fourth-order valence-electron chi connectivity index (χ4n) is 2.85. The van der Waals surface area contributed by atoms with E-state index in [1.54, 1.807) is 25.4 Å². The van der Waals surface area contributed by atoms with E-state index in [9.17, 15) is 4.79 Å². The Kier molecular flexibility index (Phi) is 6.25. The number of fused-ring (bicyclic) bond motifs is 1. The van der Waals surface area contributed by atoms with Crippen LogP contribution in [0.15, 0.2) is 70.2 Å². The highest BCUT2D eigenvalue weighted by Crippen LogP contribution is 2.33. The molecule has 4 aromatic rings. The van der Waals surface area contributed by atoms with Gasteiger partial charge in [0.1, 0.15) is 17.3 Å². The molecule has 0 atom stereocenters. The molecule has 0 aliphatic carbocycles. The molecule has 154 valence electrons. The fraction of sp³-hybridized carbons (Fsp3) is 0.182. The van der Waals surface area contributed by atoms with Gasteiger partial charge in [0.2, 0.25) is 5.91 Å². The first-order valence-electron chi connectivity index (χ1n) is 9.20. The largest absolute Gasteiger partial charge is 0.497 e. The molecule has 0 N–H and O–H groups in total. The number of nitrogens with zero attached hydrogens (tertiary/aromatic N) is 2. The number of carbonyl (C=O) groups excluding carboxylic acids is 1. The molecule has 4 rings (SSSR count). The van der Waals surface area contributed by atoms with Gasteiger partial charge in [0.15, 0.2) is 5.13 Å². The van der Waals surface area contributed by atoms with E-state index in [0.717, 1.165) is 26.6 Å². The molecule has 0 aliphatic heterocycles. The molecule has 2 heterocycles. The third kappa shape index (κ3) is 4.60. The van der Waals surface area contributed by atoms with Gasteiger partial charge in [-0.3, -0.25) is 9.69 Å². The van der Waals surface area contributed by atoms with Crippen LogP contribution in [0.1, 0.15) is 5.76 Å². The standard InChI is InChI=1S/C22H20N2O4S2/c1-26-15-5-8-18(9-6-15)29-14-21(25)24(13-17-4-3-11-28-17)22-23-19-12-16(27-2)7-10-20(19)30-22/h3-12H,13-14H2,1-2H3. The van der Waals surface area contributed by atoms with E-state index in [2.05, 4.69) is 4.98 Å². The van der Waals surface area contributed by atoms with E-state index >= 15 is 0 Å². The molecule has 8 heteroatoms. The lowest BCUT2D eigenvalue weighted by Gasteiger charge is -2.18. The molecule has 6 nitrogen and oxygen atoms in total. The molecular formula is C22H20N2O4S2. The Balaban J connectivity index is 1.56. The van der Waals surface area contributed by atoms with Crippen LogP contribution in [0, 0.1) is 0 Å². The summed E-state index contributed by atoms with van der Waals surface area (Å²) < 4.78 is 16.9. The quantitative estimate of drug-likeness (QED) is 0.350. The van der Waals surface area contributed by atoms with Crippen LogP contribution in [-0.4, -0.2) is 30.9 Å². The molecule has 1 amide bonds. The maximum absolute atomic E-state index is 13.1. The number of hydrogen-bond donors (Lipinski definition) is 0. The van der Waals surface area contributed by atoms with Gasteiger partial charge < -0.3 is 13.9 Å². The molecule has 0 bridgehead atoms. The van der Waals surface area contributed by atoms with E-state index in [1.807, 2.05) is 54.6 Å². The van der Waals surface area contributed by atoms with Crippen molar-refractivity contribution in [3.8, 4) is 11.5 Å². The Morgan fingerprint density at radius 1 is 1.10 bits per heavy atom. The third-order valence-corrected chi connectivity index (χ3v) is 6.49. The van der Waals surface area contributed by atoms with Gasteiger partial charge in [-0.25, -0.2) is 4.98 Å².